The van der Waals surface area contributed by atoms with Gasteiger partial charge in [0.25, 0.3) is 0 Å². The van der Waals surface area contributed by atoms with E-state index in [0.717, 1.165) is 51.3 Å². The van der Waals surface area contributed by atoms with Crippen LogP contribution in [-0.4, -0.2) is 55.5 Å². The summed E-state index contributed by atoms with van der Waals surface area (Å²) in [6, 6.07) is 0. The van der Waals surface area contributed by atoms with Gasteiger partial charge in [0.2, 0.25) is 0 Å². The molecule has 0 aliphatic carbocycles. The number of nitrogens with one attached hydrogen (secondary N) is 3. The molecule has 1 heterocycles. The van der Waals surface area contributed by atoms with Crippen molar-refractivity contribution < 1.29 is 14.3 Å². The molecule has 1 atom stereocenters. The summed E-state index contributed by atoms with van der Waals surface area (Å²) in [6.45, 7) is 14.6. The van der Waals surface area contributed by atoms with Crippen LogP contribution in [0.4, 0.5) is 4.79 Å². The minimum atomic E-state index is -0.516. The second kappa shape index (κ2) is 12.6. The van der Waals surface area contributed by atoms with Crippen molar-refractivity contribution in [3.63, 3.8) is 0 Å². The minimum Gasteiger partial charge on any atom is -0.444 e. The number of rotatable bonds is 8. The molecular weight excluding hydrogens is 459 g/mol. The van der Waals surface area contributed by atoms with E-state index in [1.165, 1.54) is 0 Å². The Kier molecular flexibility index (Phi) is 12.3. The van der Waals surface area contributed by atoms with Gasteiger partial charge in [-0.1, -0.05) is 13.8 Å². The van der Waals surface area contributed by atoms with Crippen molar-refractivity contribution in [1.82, 2.24) is 16.0 Å². The Morgan fingerprint density at radius 1 is 1.19 bits per heavy atom. The first kappa shape index (κ1) is 26.2. The average molecular weight is 498 g/mol. The van der Waals surface area contributed by atoms with E-state index in [1.54, 1.807) is 0 Å². The minimum absolute atomic E-state index is 0. The SMILES string of the molecule is CCNC(=NCC(CC)(CC)NC(=O)OC(C)(C)C)NCC1CCCO1.I. The van der Waals surface area contributed by atoms with E-state index in [4.69, 9.17) is 14.5 Å². The zero-order chi connectivity index (χ0) is 19.6. The number of carbonyl (C=O) groups excluding carboxylic acids is 1. The van der Waals surface area contributed by atoms with E-state index in [2.05, 4.69) is 29.8 Å². The van der Waals surface area contributed by atoms with Crippen molar-refractivity contribution in [2.45, 2.75) is 84.5 Å². The fraction of sp³-hybridized carbons (Fsp3) is 0.895. The van der Waals surface area contributed by atoms with Gasteiger partial charge in [-0.3, -0.25) is 4.99 Å². The predicted molar refractivity (Wildman–Crippen MR) is 121 cm³/mol. The van der Waals surface area contributed by atoms with E-state index < -0.39 is 17.2 Å². The molecule has 1 saturated heterocycles. The molecule has 0 aromatic carbocycles. The van der Waals surface area contributed by atoms with Crippen LogP contribution in [0.2, 0.25) is 0 Å². The summed E-state index contributed by atoms with van der Waals surface area (Å²) in [6.07, 6.45) is 3.61. The smallest absolute Gasteiger partial charge is 0.408 e. The van der Waals surface area contributed by atoms with Crippen molar-refractivity contribution >= 4 is 36.0 Å². The summed E-state index contributed by atoms with van der Waals surface area (Å²) >= 11 is 0. The van der Waals surface area contributed by atoms with Gasteiger partial charge in [-0.05, 0) is 53.4 Å². The van der Waals surface area contributed by atoms with Crippen LogP contribution in [0.3, 0.4) is 0 Å². The molecule has 1 amide bonds. The van der Waals surface area contributed by atoms with Crippen LogP contribution in [0.1, 0.15) is 67.2 Å². The maximum absolute atomic E-state index is 12.2. The van der Waals surface area contributed by atoms with Gasteiger partial charge in [0.1, 0.15) is 5.60 Å². The number of hydrogen-bond acceptors (Lipinski definition) is 4. The van der Waals surface area contributed by atoms with Crippen LogP contribution >= 0.6 is 24.0 Å². The summed E-state index contributed by atoms with van der Waals surface area (Å²) < 4.78 is 11.1. The Bertz CT molecular complexity index is 456. The molecule has 1 fully saturated rings. The largest absolute Gasteiger partial charge is 0.444 e. The van der Waals surface area contributed by atoms with Crippen molar-refractivity contribution in [3.8, 4) is 0 Å². The lowest BCUT2D eigenvalue weighted by atomic mass is 9.93. The number of carbonyl (C=O) groups is 1. The Hall–Kier alpha value is -0.770. The van der Waals surface area contributed by atoms with Crippen molar-refractivity contribution in [2.75, 3.05) is 26.2 Å². The monoisotopic (exact) mass is 498 g/mol. The first-order valence-corrected chi connectivity index (χ1v) is 9.88. The van der Waals surface area contributed by atoms with E-state index in [1.807, 2.05) is 27.7 Å². The summed E-state index contributed by atoms with van der Waals surface area (Å²) in [4.78, 5) is 16.9. The van der Waals surface area contributed by atoms with Crippen LogP contribution in [0.15, 0.2) is 4.99 Å². The first-order valence-electron chi connectivity index (χ1n) is 9.88. The first-order chi connectivity index (χ1) is 12.2. The van der Waals surface area contributed by atoms with Crippen LogP contribution in [0, 0.1) is 0 Å². The molecule has 8 heteroatoms. The topological polar surface area (TPSA) is 84.0 Å². The average Bonchev–Trinajstić information content (AvgIpc) is 3.08. The molecule has 0 aromatic rings. The number of hydrogen-bond donors (Lipinski definition) is 3. The highest BCUT2D eigenvalue weighted by molar-refractivity contribution is 14.0. The molecule has 0 bridgehead atoms. The van der Waals surface area contributed by atoms with Crippen LogP contribution < -0.4 is 16.0 Å². The van der Waals surface area contributed by atoms with Gasteiger partial charge >= 0.3 is 6.09 Å². The Morgan fingerprint density at radius 2 is 1.85 bits per heavy atom. The van der Waals surface area contributed by atoms with Gasteiger partial charge in [0, 0.05) is 19.7 Å². The highest BCUT2D eigenvalue weighted by Crippen LogP contribution is 2.18. The maximum atomic E-state index is 12.2. The summed E-state index contributed by atoms with van der Waals surface area (Å²) in [5.41, 5.74) is -0.938. The molecule has 1 rings (SSSR count). The summed E-state index contributed by atoms with van der Waals surface area (Å²) in [5.74, 6) is 0.750. The third kappa shape index (κ3) is 10.4. The normalized spacial score (nSPS) is 17.9. The van der Waals surface area contributed by atoms with Gasteiger partial charge in [0.15, 0.2) is 5.96 Å². The lowest BCUT2D eigenvalue weighted by molar-refractivity contribution is 0.0452. The van der Waals surface area contributed by atoms with Crippen LogP contribution in [-0.2, 0) is 9.47 Å². The number of guanidine groups is 1. The Morgan fingerprint density at radius 3 is 2.33 bits per heavy atom. The van der Waals surface area contributed by atoms with Gasteiger partial charge in [-0.2, -0.15) is 0 Å². The predicted octanol–water partition coefficient (Wildman–Crippen LogP) is 3.42. The molecule has 7 nitrogen and oxygen atoms in total. The zero-order valence-electron chi connectivity index (χ0n) is 17.8. The number of ether oxygens (including phenoxy) is 2. The van der Waals surface area contributed by atoms with Crippen molar-refractivity contribution in [3.05, 3.63) is 0 Å². The second-order valence-corrected chi connectivity index (χ2v) is 7.83. The van der Waals surface area contributed by atoms with E-state index >= 15 is 0 Å². The second-order valence-electron chi connectivity index (χ2n) is 7.83. The highest BCUT2D eigenvalue weighted by Gasteiger charge is 2.30. The van der Waals surface area contributed by atoms with E-state index in [9.17, 15) is 4.79 Å². The van der Waals surface area contributed by atoms with E-state index in [0.29, 0.717) is 6.54 Å². The fourth-order valence-corrected chi connectivity index (χ4v) is 2.80. The van der Waals surface area contributed by atoms with Crippen LogP contribution in [0.25, 0.3) is 0 Å². The quantitative estimate of drug-likeness (QED) is 0.271. The maximum Gasteiger partial charge on any atom is 0.408 e. The molecule has 1 aliphatic rings. The fourth-order valence-electron chi connectivity index (χ4n) is 2.80. The Balaban J connectivity index is 0.00000676. The molecule has 27 heavy (non-hydrogen) atoms. The molecule has 0 spiro atoms. The molecule has 1 aliphatic heterocycles. The lowest BCUT2D eigenvalue weighted by Crippen LogP contribution is -2.52. The third-order valence-electron chi connectivity index (χ3n) is 4.52. The van der Waals surface area contributed by atoms with Gasteiger partial charge in [0.05, 0.1) is 18.2 Å². The number of alkyl carbamates (subject to hydrolysis) is 1. The van der Waals surface area contributed by atoms with Gasteiger partial charge in [-0.15, -0.1) is 24.0 Å². The molecule has 0 saturated carbocycles. The number of amides is 1. The van der Waals surface area contributed by atoms with Crippen LogP contribution in [0.5, 0.6) is 0 Å². The molecule has 0 radical (unpaired) electrons. The summed E-state index contributed by atoms with van der Waals surface area (Å²) in [7, 11) is 0. The molecule has 1 unspecified atom stereocenters. The third-order valence-corrected chi connectivity index (χ3v) is 4.52. The summed E-state index contributed by atoms with van der Waals surface area (Å²) in [5, 5.41) is 9.64. The van der Waals surface area contributed by atoms with Crippen molar-refractivity contribution in [2.24, 2.45) is 4.99 Å². The number of halogens is 1. The standard InChI is InChI=1S/C19H38N4O3.HI/c1-7-19(8-2,23-17(24)26-18(4,5)6)14-22-16(20-9-3)21-13-15-11-10-12-25-15;/h15H,7-14H2,1-6H3,(H,23,24)(H2,20,21,22);1H. The van der Waals surface area contributed by atoms with Crippen molar-refractivity contribution in [1.29, 1.82) is 0 Å². The number of aliphatic imine (C=N–C) groups is 1. The number of nitrogens with zero attached hydrogens (tertiary/aromatic N) is 1. The zero-order valence-corrected chi connectivity index (χ0v) is 20.1. The Labute approximate surface area is 181 Å². The van der Waals surface area contributed by atoms with Gasteiger partial charge < -0.3 is 25.4 Å². The molecule has 3 N–H and O–H groups in total. The lowest BCUT2D eigenvalue weighted by Gasteiger charge is -2.32. The van der Waals surface area contributed by atoms with Gasteiger partial charge in [-0.25, -0.2) is 4.79 Å². The molecular formula is C19H39IN4O3. The molecule has 0 aromatic heterocycles. The molecule has 160 valence electrons. The highest BCUT2D eigenvalue weighted by atomic mass is 127. The van der Waals surface area contributed by atoms with E-state index in [-0.39, 0.29) is 30.1 Å².